The minimum Gasteiger partial charge on any atom is -0.365 e. The zero-order valence-corrected chi connectivity index (χ0v) is 8.78. The van der Waals surface area contributed by atoms with Gasteiger partial charge in [-0.15, -0.1) is 0 Å². The molecule has 1 aliphatic rings. The highest BCUT2D eigenvalue weighted by Gasteiger charge is 2.31. The average molecular weight is 186 g/mol. The Morgan fingerprint density at radius 3 is 2.77 bits per heavy atom. The fourth-order valence-electron chi connectivity index (χ4n) is 1.35. The number of carbonyl (C=O) groups excluding carboxylic acids is 1. The highest BCUT2D eigenvalue weighted by atomic mass is 16.5. The lowest BCUT2D eigenvalue weighted by Crippen LogP contribution is -2.53. The van der Waals surface area contributed by atoms with Crippen molar-refractivity contribution in [3.8, 4) is 0 Å². The van der Waals surface area contributed by atoms with E-state index in [9.17, 15) is 4.79 Å². The van der Waals surface area contributed by atoms with E-state index in [0.29, 0.717) is 13.2 Å². The molecule has 0 N–H and O–H groups in total. The Morgan fingerprint density at radius 1 is 1.62 bits per heavy atom. The number of morpholine rings is 1. The number of carbonyl (C=O) groups is 1. The van der Waals surface area contributed by atoms with Crippen LogP contribution in [0.1, 0.15) is 6.92 Å². The SMILES string of the molecule is CC1COC(CN(C)C)C(=O)N1C. The molecule has 0 saturated carbocycles. The maximum Gasteiger partial charge on any atom is 0.253 e. The van der Waals surface area contributed by atoms with E-state index in [4.69, 9.17) is 4.74 Å². The van der Waals surface area contributed by atoms with Crippen molar-refractivity contribution < 1.29 is 9.53 Å². The second-order valence-electron chi connectivity index (χ2n) is 3.88. The lowest BCUT2D eigenvalue weighted by molar-refractivity contribution is -0.157. The van der Waals surface area contributed by atoms with Gasteiger partial charge in [-0.1, -0.05) is 0 Å². The van der Waals surface area contributed by atoms with Gasteiger partial charge in [-0.05, 0) is 21.0 Å². The molecule has 13 heavy (non-hydrogen) atoms. The average Bonchev–Trinajstić information content (AvgIpc) is 2.06. The summed E-state index contributed by atoms with van der Waals surface area (Å²) < 4.78 is 5.45. The van der Waals surface area contributed by atoms with Crippen LogP contribution in [0.3, 0.4) is 0 Å². The van der Waals surface area contributed by atoms with Crippen molar-refractivity contribution in [1.82, 2.24) is 9.80 Å². The first-order valence-corrected chi connectivity index (χ1v) is 4.55. The lowest BCUT2D eigenvalue weighted by atomic mass is 10.2. The van der Waals surface area contributed by atoms with Crippen molar-refractivity contribution in [3.63, 3.8) is 0 Å². The van der Waals surface area contributed by atoms with Crippen molar-refractivity contribution in [2.45, 2.75) is 19.1 Å². The molecule has 4 heteroatoms. The Labute approximate surface area is 79.4 Å². The van der Waals surface area contributed by atoms with Crippen molar-refractivity contribution in [3.05, 3.63) is 0 Å². The van der Waals surface area contributed by atoms with Crippen LogP contribution in [0.15, 0.2) is 0 Å². The van der Waals surface area contributed by atoms with Crippen molar-refractivity contribution in [2.24, 2.45) is 0 Å². The molecule has 0 radical (unpaired) electrons. The Morgan fingerprint density at radius 2 is 2.23 bits per heavy atom. The van der Waals surface area contributed by atoms with Crippen LogP contribution in [0.4, 0.5) is 0 Å². The van der Waals surface area contributed by atoms with E-state index in [0.717, 1.165) is 0 Å². The lowest BCUT2D eigenvalue weighted by Gasteiger charge is -2.35. The van der Waals surface area contributed by atoms with Gasteiger partial charge in [0.25, 0.3) is 5.91 Å². The first kappa shape index (κ1) is 10.5. The normalized spacial score (nSPS) is 29.9. The quantitative estimate of drug-likeness (QED) is 0.598. The molecule has 2 unspecified atom stereocenters. The Balaban J connectivity index is 2.54. The van der Waals surface area contributed by atoms with Gasteiger partial charge in [-0.2, -0.15) is 0 Å². The summed E-state index contributed by atoms with van der Waals surface area (Å²) in [6.45, 7) is 3.29. The van der Waals surface area contributed by atoms with Crippen molar-refractivity contribution in [1.29, 1.82) is 0 Å². The fraction of sp³-hybridized carbons (Fsp3) is 0.889. The molecule has 76 valence electrons. The van der Waals surface area contributed by atoms with Gasteiger partial charge in [0.15, 0.2) is 0 Å². The number of hydrogen-bond acceptors (Lipinski definition) is 3. The van der Waals surface area contributed by atoms with Gasteiger partial charge in [0.05, 0.1) is 12.6 Å². The minimum atomic E-state index is -0.281. The van der Waals surface area contributed by atoms with Crippen LogP contribution in [-0.2, 0) is 9.53 Å². The molecule has 1 saturated heterocycles. The molecule has 2 atom stereocenters. The van der Waals surface area contributed by atoms with Crippen LogP contribution < -0.4 is 0 Å². The van der Waals surface area contributed by atoms with E-state index in [1.165, 1.54) is 0 Å². The van der Waals surface area contributed by atoms with Gasteiger partial charge >= 0.3 is 0 Å². The zero-order valence-electron chi connectivity index (χ0n) is 8.78. The van der Waals surface area contributed by atoms with Gasteiger partial charge in [-0.25, -0.2) is 0 Å². The standard InChI is InChI=1S/C9H18N2O2/c1-7-6-13-8(5-10(2)3)9(12)11(7)4/h7-8H,5-6H2,1-4H3. The Kier molecular flexibility index (Phi) is 3.27. The highest BCUT2D eigenvalue weighted by Crippen LogP contribution is 2.11. The smallest absolute Gasteiger partial charge is 0.253 e. The third-order valence-corrected chi connectivity index (χ3v) is 2.35. The van der Waals surface area contributed by atoms with Crippen LogP contribution in [0, 0.1) is 0 Å². The maximum absolute atomic E-state index is 11.6. The molecule has 0 aliphatic carbocycles. The third-order valence-electron chi connectivity index (χ3n) is 2.35. The number of rotatable bonds is 2. The minimum absolute atomic E-state index is 0.0902. The highest BCUT2D eigenvalue weighted by molar-refractivity contribution is 5.81. The van der Waals surface area contributed by atoms with E-state index in [2.05, 4.69) is 0 Å². The summed E-state index contributed by atoms with van der Waals surface area (Å²) in [5.74, 6) is 0.0902. The number of amides is 1. The summed E-state index contributed by atoms with van der Waals surface area (Å²) in [5.41, 5.74) is 0. The predicted octanol–water partition coefficient (Wildman–Crippen LogP) is -0.206. The molecule has 1 fully saturated rings. The van der Waals surface area contributed by atoms with Crippen LogP contribution in [-0.4, -0.2) is 62.1 Å². The van der Waals surface area contributed by atoms with Gasteiger partial charge in [0.2, 0.25) is 0 Å². The number of likely N-dealkylation sites (N-methyl/N-ethyl adjacent to an activating group) is 2. The number of hydrogen-bond donors (Lipinski definition) is 0. The Hall–Kier alpha value is -0.610. The van der Waals surface area contributed by atoms with Gasteiger partial charge in [0.1, 0.15) is 6.10 Å². The number of nitrogens with zero attached hydrogens (tertiary/aromatic N) is 2. The molecular formula is C9H18N2O2. The van der Waals surface area contributed by atoms with E-state index >= 15 is 0 Å². The van der Waals surface area contributed by atoms with Crippen LogP contribution in [0.25, 0.3) is 0 Å². The molecule has 1 aliphatic heterocycles. The second-order valence-corrected chi connectivity index (χ2v) is 3.88. The summed E-state index contributed by atoms with van der Waals surface area (Å²) in [7, 11) is 5.71. The zero-order chi connectivity index (χ0) is 10.0. The van der Waals surface area contributed by atoms with E-state index in [1.807, 2.05) is 33.0 Å². The van der Waals surface area contributed by atoms with Crippen LogP contribution in [0.2, 0.25) is 0 Å². The summed E-state index contributed by atoms with van der Waals surface area (Å²) >= 11 is 0. The molecule has 0 aromatic heterocycles. The molecule has 0 bridgehead atoms. The summed E-state index contributed by atoms with van der Waals surface area (Å²) in [6, 6.07) is 0.200. The van der Waals surface area contributed by atoms with E-state index < -0.39 is 0 Å². The molecule has 0 spiro atoms. The summed E-state index contributed by atoms with van der Waals surface area (Å²) in [4.78, 5) is 15.4. The molecule has 0 aromatic rings. The van der Waals surface area contributed by atoms with Crippen LogP contribution in [0.5, 0.6) is 0 Å². The third kappa shape index (κ3) is 2.42. The Bertz CT molecular complexity index is 194. The first-order valence-electron chi connectivity index (χ1n) is 4.55. The van der Waals surface area contributed by atoms with Gasteiger partial charge in [0, 0.05) is 13.6 Å². The number of ether oxygens (including phenoxy) is 1. The topological polar surface area (TPSA) is 32.8 Å². The second kappa shape index (κ2) is 4.07. The molecule has 1 heterocycles. The molecule has 1 rings (SSSR count). The van der Waals surface area contributed by atoms with Crippen molar-refractivity contribution >= 4 is 5.91 Å². The molecule has 4 nitrogen and oxygen atoms in total. The van der Waals surface area contributed by atoms with Crippen molar-refractivity contribution in [2.75, 3.05) is 34.3 Å². The monoisotopic (exact) mass is 186 g/mol. The van der Waals surface area contributed by atoms with Gasteiger partial charge < -0.3 is 14.5 Å². The predicted molar refractivity (Wildman–Crippen MR) is 50.5 cm³/mol. The fourth-order valence-corrected chi connectivity index (χ4v) is 1.35. The first-order chi connectivity index (χ1) is 6.02. The summed E-state index contributed by atoms with van der Waals surface area (Å²) in [5, 5.41) is 0. The van der Waals surface area contributed by atoms with Crippen LogP contribution >= 0.6 is 0 Å². The van der Waals surface area contributed by atoms with Gasteiger partial charge in [-0.3, -0.25) is 4.79 Å². The molecule has 1 amide bonds. The maximum atomic E-state index is 11.6. The largest absolute Gasteiger partial charge is 0.365 e. The van der Waals surface area contributed by atoms with E-state index in [-0.39, 0.29) is 18.1 Å². The molecular weight excluding hydrogens is 168 g/mol. The van der Waals surface area contributed by atoms with E-state index in [1.54, 1.807) is 4.90 Å². The summed E-state index contributed by atoms with van der Waals surface area (Å²) in [6.07, 6.45) is -0.281. The molecule has 0 aromatic carbocycles.